The van der Waals surface area contributed by atoms with Crippen LogP contribution in [0, 0.1) is 17.2 Å². The minimum atomic E-state index is -0.234. The van der Waals surface area contributed by atoms with Gasteiger partial charge in [0.05, 0.1) is 13.2 Å². The van der Waals surface area contributed by atoms with E-state index in [9.17, 15) is 4.39 Å². The topological polar surface area (TPSA) is 18.5 Å². The summed E-state index contributed by atoms with van der Waals surface area (Å²) in [5.41, 5.74) is 3.85. The Bertz CT molecular complexity index is 795. The second kappa shape index (κ2) is 8.02. The Morgan fingerprint density at radius 3 is 2.59 bits per heavy atom. The van der Waals surface area contributed by atoms with Crippen molar-refractivity contribution in [2.75, 3.05) is 13.7 Å². The molecule has 2 aromatic carbocycles. The molecule has 0 N–H and O–H groups in total. The Morgan fingerprint density at radius 2 is 1.93 bits per heavy atom. The second-order valence-electron chi connectivity index (χ2n) is 8.71. The van der Waals surface area contributed by atoms with E-state index >= 15 is 0 Å². The zero-order valence-electron chi connectivity index (χ0n) is 17.1. The van der Waals surface area contributed by atoms with Crippen molar-refractivity contribution in [2.45, 2.75) is 53.1 Å². The third-order valence-electron chi connectivity index (χ3n) is 5.47. The SMILES string of the molecule is COc1ccc(F)c(-c2ccc(CC(C)C)cc2[C@H]2OCCCC2(C)C)c1. The van der Waals surface area contributed by atoms with E-state index in [0.29, 0.717) is 17.2 Å². The molecule has 0 aromatic heterocycles. The minimum absolute atomic E-state index is 0.0127. The highest BCUT2D eigenvalue weighted by Crippen LogP contribution is 2.47. The lowest BCUT2D eigenvalue weighted by atomic mass is 9.75. The molecule has 1 atom stereocenters. The van der Waals surface area contributed by atoms with Crippen LogP contribution in [0.25, 0.3) is 11.1 Å². The van der Waals surface area contributed by atoms with Crippen molar-refractivity contribution in [1.29, 1.82) is 0 Å². The van der Waals surface area contributed by atoms with Crippen LogP contribution in [0.4, 0.5) is 4.39 Å². The largest absolute Gasteiger partial charge is 0.497 e. The van der Waals surface area contributed by atoms with Gasteiger partial charge in [-0.15, -0.1) is 0 Å². The van der Waals surface area contributed by atoms with Crippen LogP contribution in [-0.2, 0) is 11.2 Å². The number of ether oxygens (including phenoxy) is 2. The van der Waals surface area contributed by atoms with Crippen molar-refractivity contribution < 1.29 is 13.9 Å². The molecule has 3 heteroatoms. The van der Waals surface area contributed by atoms with Crippen LogP contribution in [-0.4, -0.2) is 13.7 Å². The first kappa shape index (κ1) is 19.9. The second-order valence-corrected chi connectivity index (χ2v) is 8.71. The van der Waals surface area contributed by atoms with Gasteiger partial charge in [-0.05, 0) is 65.5 Å². The molecule has 1 saturated heterocycles. The summed E-state index contributed by atoms with van der Waals surface area (Å²) in [5.74, 6) is 0.993. The number of hydrogen-bond donors (Lipinski definition) is 0. The van der Waals surface area contributed by atoms with Gasteiger partial charge < -0.3 is 9.47 Å². The number of rotatable bonds is 5. The Kier molecular flexibility index (Phi) is 5.90. The highest BCUT2D eigenvalue weighted by molar-refractivity contribution is 5.70. The van der Waals surface area contributed by atoms with Crippen molar-refractivity contribution in [3.63, 3.8) is 0 Å². The molecule has 146 valence electrons. The molecule has 3 rings (SSSR count). The van der Waals surface area contributed by atoms with E-state index in [0.717, 1.165) is 37.0 Å². The van der Waals surface area contributed by atoms with Gasteiger partial charge >= 0.3 is 0 Å². The van der Waals surface area contributed by atoms with E-state index in [1.807, 2.05) is 0 Å². The van der Waals surface area contributed by atoms with Gasteiger partial charge in [0.2, 0.25) is 0 Å². The highest BCUT2D eigenvalue weighted by Gasteiger charge is 2.36. The minimum Gasteiger partial charge on any atom is -0.497 e. The maximum atomic E-state index is 14.7. The lowest BCUT2D eigenvalue weighted by molar-refractivity contribution is -0.0697. The molecular formula is C24H31FO2. The maximum absolute atomic E-state index is 14.7. The number of benzene rings is 2. The fourth-order valence-corrected chi connectivity index (χ4v) is 4.11. The fraction of sp³-hybridized carbons (Fsp3) is 0.500. The van der Waals surface area contributed by atoms with Gasteiger partial charge in [0.1, 0.15) is 11.6 Å². The molecule has 0 unspecified atom stereocenters. The van der Waals surface area contributed by atoms with Gasteiger partial charge in [0, 0.05) is 12.2 Å². The molecule has 0 saturated carbocycles. The Balaban J connectivity index is 2.16. The summed E-state index contributed by atoms with van der Waals surface area (Å²) in [6.45, 7) is 9.69. The molecule has 2 aromatic rings. The first-order valence-corrected chi connectivity index (χ1v) is 9.90. The summed E-state index contributed by atoms with van der Waals surface area (Å²) in [5, 5.41) is 0. The number of hydrogen-bond acceptors (Lipinski definition) is 2. The Labute approximate surface area is 162 Å². The molecule has 1 fully saturated rings. The van der Waals surface area contributed by atoms with Crippen molar-refractivity contribution in [3.8, 4) is 16.9 Å². The van der Waals surface area contributed by atoms with Gasteiger partial charge in [0.15, 0.2) is 0 Å². The van der Waals surface area contributed by atoms with Crippen LogP contribution in [0.2, 0.25) is 0 Å². The molecule has 0 amide bonds. The van der Waals surface area contributed by atoms with Gasteiger partial charge in [-0.3, -0.25) is 0 Å². The molecule has 1 aliphatic rings. The van der Waals surface area contributed by atoms with E-state index in [1.165, 1.54) is 11.6 Å². The maximum Gasteiger partial charge on any atom is 0.131 e. The van der Waals surface area contributed by atoms with E-state index in [-0.39, 0.29) is 17.3 Å². The average Bonchev–Trinajstić information content (AvgIpc) is 2.61. The van der Waals surface area contributed by atoms with Crippen LogP contribution < -0.4 is 4.74 Å². The van der Waals surface area contributed by atoms with Crippen molar-refractivity contribution in [2.24, 2.45) is 11.3 Å². The first-order chi connectivity index (χ1) is 12.8. The molecule has 0 bridgehead atoms. The molecule has 1 aliphatic heterocycles. The summed E-state index contributed by atoms with van der Waals surface area (Å²) in [6.07, 6.45) is 3.13. The lowest BCUT2D eigenvalue weighted by Gasteiger charge is -2.40. The third kappa shape index (κ3) is 4.35. The van der Waals surface area contributed by atoms with Gasteiger partial charge in [-0.25, -0.2) is 4.39 Å². The van der Waals surface area contributed by atoms with Crippen molar-refractivity contribution in [3.05, 3.63) is 53.3 Å². The summed E-state index contributed by atoms with van der Waals surface area (Å²) in [4.78, 5) is 0. The lowest BCUT2D eigenvalue weighted by Crippen LogP contribution is -2.30. The van der Waals surface area contributed by atoms with Crippen LogP contribution in [0.5, 0.6) is 5.75 Å². The predicted octanol–water partition coefficient (Wildman–Crippen LogP) is 6.58. The van der Waals surface area contributed by atoms with E-state index in [2.05, 4.69) is 45.9 Å². The standard InChI is InChI=1S/C24H31FO2/c1-16(2)13-17-7-9-19(20-15-18(26-5)8-10-22(20)25)21(14-17)23-24(3,4)11-6-12-27-23/h7-10,14-16,23H,6,11-13H2,1-5H3/t23-/m1/s1. The summed E-state index contributed by atoms with van der Waals surface area (Å²) >= 11 is 0. The normalized spacial score (nSPS) is 19.3. The fourth-order valence-electron chi connectivity index (χ4n) is 4.11. The third-order valence-corrected chi connectivity index (χ3v) is 5.47. The van der Waals surface area contributed by atoms with E-state index < -0.39 is 0 Å². The average molecular weight is 371 g/mol. The summed E-state index contributed by atoms with van der Waals surface area (Å²) < 4.78 is 26.3. The monoisotopic (exact) mass is 370 g/mol. The van der Waals surface area contributed by atoms with E-state index in [4.69, 9.17) is 9.47 Å². The summed E-state index contributed by atoms with van der Waals surface area (Å²) in [7, 11) is 1.61. The van der Waals surface area contributed by atoms with Gasteiger partial charge in [-0.1, -0.05) is 45.9 Å². The highest BCUT2D eigenvalue weighted by atomic mass is 19.1. The van der Waals surface area contributed by atoms with E-state index in [1.54, 1.807) is 19.2 Å². The van der Waals surface area contributed by atoms with Crippen LogP contribution in [0.1, 0.15) is 57.8 Å². The van der Waals surface area contributed by atoms with Crippen molar-refractivity contribution >= 4 is 0 Å². The van der Waals surface area contributed by atoms with Gasteiger partial charge in [0.25, 0.3) is 0 Å². The van der Waals surface area contributed by atoms with Crippen molar-refractivity contribution in [1.82, 2.24) is 0 Å². The summed E-state index contributed by atoms with van der Waals surface area (Å²) in [6, 6.07) is 11.3. The van der Waals surface area contributed by atoms with Crippen LogP contribution in [0.15, 0.2) is 36.4 Å². The smallest absolute Gasteiger partial charge is 0.131 e. The molecule has 0 radical (unpaired) electrons. The molecule has 0 aliphatic carbocycles. The molecular weight excluding hydrogens is 339 g/mol. The zero-order valence-corrected chi connectivity index (χ0v) is 17.1. The molecule has 1 heterocycles. The molecule has 2 nitrogen and oxygen atoms in total. The molecule has 0 spiro atoms. The zero-order chi connectivity index (χ0) is 19.6. The Hall–Kier alpha value is -1.87. The van der Waals surface area contributed by atoms with Gasteiger partial charge in [-0.2, -0.15) is 0 Å². The number of methoxy groups -OCH3 is 1. The molecule has 27 heavy (non-hydrogen) atoms. The van der Waals surface area contributed by atoms with Crippen LogP contribution in [0.3, 0.4) is 0 Å². The quantitative estimate of drug-likeness (QED) is 0.592. The predicted molar refractivity (Wildman–Crippen MR) is 109 cm³/mol. The first-order valence-electron chi connectivity index (χ1n) is 9.90. The van der Waals surface area contributed by atoms with Crippen LogP contribution >= 0.6 is 0 Å². The Morgan fingerprint density at radius 1 is 1.15 bits per heavy atom. The number of halogens is 1.